The molecule has 0 aliphatic carbocycles. The van der Waals surface area contributed by atoms with Crippen LogP contribution in [0.2, 0.25) is 4.82 Å². The molecule has 0 aromatic rings. The van der Waals surface area contributed by atoms with E-state index in [2.05, 4.69) is 29.9 Å². The van der Waals surface area contributed by atoms with E-state index in [-0.39, 0.29) is 0 Å². The number of hydrogen-bond donors (Lipinski definition) is 0. The van der Waals surface area contributed by atoms with E-state index in [0.717, 1.165) is 11.2 Å². The number of rotatable bonds is 3. The quantitative estimate of drug-likeness (QED) is 0.557. The van der Waals surface area contributed by atoms with Crippen LogP contribution in [-0.4, -0.2) is 16.0 Å². The fourth-order valence-electron chi connectivity index (χ4n) is 0.440. The Morgan fingerprint density at radius 2 is 2.29 bits per heavy atom. The van der Waals surface area contributed by atoms with Crippen molar-refractivity contribution >= 4 is 16.0 Å². The number of unbranched alkanes of at least 4 members (excludes halogenated alkanes) is 1. The Morgan fingerprint density at radius 3 is 2.43 bits per heavy atom. The van der Waals surface area contributed by atoms with Crippen LogP contribution in [0, 0.1) is 6.92 Å². The van der Waals surface area contributed by atoms with Gasteiger partial charge in [-0.05, 0) is 0 Å². The van der Waals surface area contributed by atoms with E-state index in [4.69, 9.17) is 0 Å². The third kappa shape index (κ3) is 6.52. The molecule has 0 N–H and O–H groups in total. The summed E-state index contributed by atoms with van der Waals surface area (Å²) in [6.07, 6.45) is 3.67. The molecule has 0 aliphatic heterocycles. The maximum atomic E-state index is 3.75. The van der Waals surface area contributed by atoms with Crippen LogP contribution in [-0.2, 0) is 0 Å². The summed E-state index contributed by atoms with van der Waals surface area (Å²) in [7, 11) is 0. The first kappa shape index (κ1) is 7.52. The van der Waals surface area contributed by atoms with E-state index in [9.17, 15) is 0 Å². The van der Waals surface area contributed by atoms with Gasteiger partial charge >= 0.3 is 53.9 Å². The van der Waals surface area contributed by atoms with Crippen LogP contribution in [0.1, 0.15) is 26.2 Å². The van der Waals surface area contributed by atoms with Crippen LogP contribution < -0.4 is 0 Å². The molecule has 1 radical (unpaired) electrons. The van der Waals surface area contributed by atoms with Gasteiger partial charge in [-0.25, -0.2) is 0 Å². The molecule has 1 unspecified atom stereocenters. The van der Waals surface area contributed by atoms with E-state index in [1.54, 1.807) is 0 Å². The monoisotopic (exact) mass is 165 g/mol. The second-order valence-electron chi connectivity index (χ2n) is 1.84. The topological polar surface area (TPSA) is 0 Å². The van der Waals surface area contributed by atoms with Crippen LogP contribution in [0.5, 0.6) is 0 Å². The molecule has 0 bridgehead atoms. The van der Waals surface area contributed by atoms with Crippen molar-refractivity contribution in [3.05, 3.63) is 6.92 Å². The zero-order chi connectivity index (χ0) is 5.70. The third-order valence-electron chi connectivity index (χ3n) is 0.872. The Balaban J connectivity index is 2.68. The average molecular weight is 164 g/mol. The van der Waals surface area contributed by atoms with Gasteiger partial charge in [-0.1, -0.05) is 0 Å². The minimum atomic E-state index is 0.800. The standard InChI is InChI=1S/C6H13Se/c1-3-4-5-6(2)7/h6-7H,1,3-5H2,2H3. The predicted octanol–water partition coefficient (Wildman–Crippen LogP) is 1.70. The van der Waals surface area contributed by atoms with E-state index >= 15 is 0 Å². The average Bonchev–Trinajstić information content (AvgIpc) is 1.61. The van der Waals surface area contributed by atoms with Crippen LogP contribution in [0.25, 0.3) is 0 Å². The molecule has 0 heterocycles. The molecular weight excluding hydrogens is 151 g/mol. The first-order valence-corrected chi connectivity index (χ1v) is 3.83. The molecule has 0 saturated carbocycles. The van der Waals surface area contributed by atoms with Gasteiger partial charge < -0.3 is 0 Å². The molecule has 0 nitrogen and oxygen atoms in total. The Bertz CT molecular complexity index is 33.2. The van der Waals surface area contributed by atoms with Crippen LogP contribution in [0.15, 0.2) is 0 Å². The van der Waals surface area contributed by atoms with Crippen LogP contribution >= 0.6 is 0 Å². The summed E-state index contributed by atoms with van der Waals surface area (Å²) < 4.78 is 0. The van der Waals surface area contributed by atoms with Crippen molar-refractivity contribution < 1.29 is 0 Å². The van der Waals surface area contributed by atoms with Gasteiger partial charge in [-0.2, -0.15) is 0 Å². The van der Waals surface area contributed by atoms with Gasteiger partial charge in [0, 0.05) is 0 Å². The summed E-state index contributed by atoms with van der Waals surface area (Å²) in [6.45, 7) is 5.97. The van der Waals surface area contributed by atoms with Crippen molar-refractivity contribution in [2.75, 3.05) is 0 Å². The Hall–Kier alpha value is 0.519. The van der Waals surface area contributed by atoms with Gasteiger partial charge in [0.25, 0.3) is 0 Å². The molecule has 0 amide bonds. The fourth-order valence-corrected chi connectivity index (χ4v) is 0.823. The molecule has 0 aromatic heterocycles. The first-order chi connectivity index (χ1) is 3.27. The predicted molar refractivity (Wildman–Crippen MR) is 35.8 cm³/mol. The molecule has 7 heavy (non-hydrogen) atoms. The summed E-state index contributed by atoms with van der Waals surface area (Å²) in [6, 6.07) is 0. The summed E-state index contributed by atoms with van der Waals surface area (Å²) in [5.74, 6) is 0. The molecule has 0 saturated heterocycles. The fraction of sp³-hybridized carbons (Fsp3) is 0.833. The van der Waals surface area contributed by atoms with Crippen molar-refractivity contribution in [1.82, 2.24) is 0 Å². The summed E-state index contributed by atoms with van der Waals surface area (Å²) in [4.78, 5) is 0.800. The molecule has 43 valence electrons. The van der Waals surface area contributed by atoms with E-state index in [0.29, 0.717) is 0 Å². The second-order valence-corrected chi connectivity index (χ2v) is 3.69. The Labute approximate surface area is 54.5 Å². The molecule has 1 heteroatoms. The maximum absolute atomic E-state index is 3.75. The Kier molecular flexibility index (Phi) is 5.02. The summed E-state index contributed by atoms with van der Waals surface area (Å²) >= 11 is 2.65. The first-order valence-electron chi connectivity index (χ1n) is 2.74. The molecule has 0 spiro atoms. The van der Waals surface area contributed by atoms with Gasteiger partial charge in [-0.15, -0.1) is 0 Å². The molecule has 0 aromatic carbocycles. The minimum absolute atomic E-state index is 0.800. The zero-order valence-electron chi connectivity index (χ0n) is 4.85. The molecular formula is C6H13Se. The van der Waals surface area contributed by atoms with Crippen molar-refractivity contribution in [2.24, 2.45) is 0 Å². The molecule has 0 fully saturated rings. The van der Waals surface area contributed by atoms with Crippen LogP contribution in [0.3, 0.4) is 0 Å². The summed E-state index contributed by atoms with van der Waals surface area (Å²) in [5.41, 5.74) is 0. The molecule has 0 rings (SSSR count). The molecule has 1 atom stereocenters. The van der Waals surface area contributed by atoms with Gasteiger partial charge in [0.2, 0.25) is 0 Å². The van der Waals surface area contributed by atoms with E-state index in [1.807, 2.05) is 0 Å². The second kappa shape index (κ2) is 4.67. The van der Waals surface area contributed by atoms with Gasteiger partial charge in [0.1, 0.15) is 0 Å². The van der Waals surface area contributed by atoms with Crippen molar-refractivity contribution in [3.8, 4) is 0 Å². The summed E-state index contributed by atoms with van der Waals surface area (Å²) in [5, 5.41) is 0. The SMILES string of the molecule is [CH2]CCCC(C)[SeH]. The van der Waals surface area contributed by atoms with E-state index in [1.165, 1.54) is 12.8 Å². The third-order valence-corrected chi connectivity index (χ3v) is 1.41. The Morgan fingerprint density at radius 1 is 1.71 bits per heavy atom. The van der Waals surface area contributed by atoms with E-state index < -0.39 is 0 Å². The van der Waals surface area contributed by atoms with Crippen molar-refractivity contribution in [3.63, 3.8) is 0 Å². The van der Waals surface area contributed by atoms with Gasteiger partial charge in [-0.3, -0.25) is 0 Å². The molecule has 0 aliphatic rings. The van der Waals surface area contributed by atoms with Crippen molar-refractivity contribution in [2.45, 2.75) is 31.0 Å². The van der Waals surface area contributed by atoms with Gasteiger partial charge in [0.15, 0.2) is 0 Å². The number of hydrogen-bond acceptors (Lipinski definition) is 0. The van der Waals surface area contributed by atoms with Crippen molar-refractivity contribution in [1.29, 1.82) is 0 Å². The van der Waals surface area contributed by atoms with Gasteiger partial charge in [0.05, 0.1) is 0 Å². The zero-order valence-corrected chi connectivity index (χ0v) is 6.73. The normalized spacial score (nSPS) is 14.1. The van der Waals surface area contributed by atoms with Crippen LogP contribution in [0.4, 0.5) is 0 Å².